The first-order valence-corrected chi connectivity index (χ1v) is 9.03. The molecule has 0 saturated heterocycles. The number of hydrogen-bond donors (Lipinski definition) is 0. The molecule has 2 heterocycles. The fourth-order valence-corrected chi connectivity index (χ4v) is 3.78. The maximum atomic E-state index is 4.67. The van der Waals surface area contributed by atoms with E-state index in [-0.39, 0.29) is 0 Å². The van der Waals surface area contributed by atoms with Crippen LogP contribution in [0.25, 0.3) is 22.9 Å². The molecule has 0 radical (unpaired) electrons. The van der Waals surface area contributed by atoms with Gasteiger partial charge in [0.05, 0.1) is 18.3 Å². The predicted octanol–water partition coefficient (Wildman–Crippen LogP) is 4.30. The third-order valence-electron chi connectivity index (χ3n) is 5.30. The number of fused-ring (bicyclic) bond motifs is 1. The van der Waals surface area contributed by atoms with Crippen LogP contribution in [0.5, 0.6) is 0 Å². The standard InChI is InChI=1S/C23H24N3/c1-14-6-7-21(24-12-14)18-10-20-22(11-18)25-13-26(5)23(20)19-9-15(2)8-16(3)17(19)4/h6-9,11-13H,10H2,1-5H3/q+1. The first-order chi connectivity index (χ1) is 12.4. The van der Waals surface area contributed by atoms with Crippen LogP contribution in [0, 0.1) is 27.7 Å². The summed E-state index contributed by atoms with van der Waals surface area (Å²) in [6, 6.07) is 8.77. The molecule has 2 aromatic heterocycles. The van der Waals surface area contributed by atoms with Crippen molar-refractivity contribution in [3.63, 3.8) is 0 Å². The van der Waals surface area contributed by atoms with Crippen LogP contribution in [0.4, 0.5) is 0 Å². The van der Waals surface area contributed by atoms with Crippen LogP contribution < -0.4 is 4.57 Å². The van der Waals surface area contributed by atoms with Crippen LogP contribution in [-0.4, -0.2) is 9.97 Å². The van der Waals surface area contributed by atoms with Gasteiger partial charge in [0, 0.05) is 18.2 Å². The summed E-state index contributed by atoms with van der Waals surface area (Å²) in [6.07, 6.45) is 6.91. The summed E-state index contributed by atoms with van der Waals surface area (Å²) in [5.41, 5.74) is 12.3. The Morgan fingerprint density at radius 3 is 2.50 bits per heavy atom. The molecule has 1 aromatic carbocycles. The SMILES string of the molecule is Cc1ccc(C2=Cc3nc[n+](C)c(-c4cc(C)cc(C)c4C)c3C2)nc1. The van der Waals surface area contributed by atoms with Gasteiger partial charge in [0.25, 0.3) is 6.33 Å². The maximum Gasteiger partial charge on any atom is 0.287 e. The highest BCUT2D eigenvalue weighted by Gasteiger charge is 2.28. The lowest BCUT2D eigenvalue weighted by molar-refractivity contribution is -0.663. The molecule has 0 atom stereocenters. The molecular weight excluding hydrogens is 318 g/mol. The molecule has 0 N–H and O–H groups in total. The average Bonchev–Trinajstić information content (AvgIpc) is 3.03. The predicted molar refractivity (Wildman–Crippen MR) is 106 cm³/mol. The van der Waals surface area contributed by atoms with Crippen molar-refractivity contribution in [1.82, 2.24) is 9.97 Å². The third kappa shape index (κ3) is 2.74. The Bertz CT molecular complexity index is 1040. The zero-order valence-corrected chi connectivity index (χ0v) is 16.1. The van der Waals surface area contributed by atoms with Crippen LogP contribution in [-0.2, 0) is 13.5 Å². The van der Waals surface area contributed by atoms with Gasteiger partial charge in [-0.3, -0.25) is 4.98 Å². The molecule has 0 saturated carbocycles. The molecule has 130 valence electrons. The minimum atomic E-state index is 0.870. The highest BCUT2D eigenvalue weighted by molar-refractivity contribution is 5.89. The molecule has 0 fully saturated rings. The van der Waals surface area contributed by atoms with E-state index >= 15 is 0 Å². The third-order valence-corrected chi connectivity index (χ3v) is 5.30. The second kappa shape index (κ2) is 6.17. The Morgan fingerprint density at radius 1 is 0.962 bits per heavy atom. The lowest BCUT2D eigenvalue weighted by Gasteiger charge is -2.13. The lowest BCUT2D eigenvalue weighted by Crippen LogP contribution is -2.33. The Labute approximate surface area is 155 Å². The van der Waals surface area contributed by atoms with Gasteiger partial charge in [-0.1, -0.05) is 17.7 Å². The summed E-state index contributed by atoms with van der Waals surface area (Å²) in [5.74, 6) is 0. The number of allylic oxidation sites excluding steroid dienone is 1. The molecule has 0 bridgehead atoms. The summed E-state index contributed by atoms with van der Waals surface area (Å²) in [5, 5.41) is 0. The minimum Gasteiger partial charge on any atom is -0.256 e. The maximum absolute atomic E-state index is 4.67. The van der Waals surface area contributed by atoms with Gasteiger partial charge in [0.15, 0.2) is 5.69 Å². The Balaban J connectivity index is 1.84. The lowest BCUT2D eigenvalue weighted by atomic mass is 9.94. The van der Waals surface area contributed by atoms with Gasteiger partial charge in [0.1, 0.15) is 5.69 Å². The van der Waals surface area contributed by atoms with Gasteiger partial charge in [0.2, 0.25) is 0 Å². The van der Waals surface area contributed by atoms with E-state index in [1.165, 1.54) is 44.6 Å². The van der Waals surface area contributed by atoms with E-state index in [2.05, 4.69) is 79.6 Å². The number of nitrogens with zero attached hydrogens (tertiary/aromatic N) is 3. The molecule has 3 aromatic rings. The van der Waals surface area contributed by atoms with Crippen molar-refractivity contribution in [2.45, 2.75) is 34.1 Å². The number of pyridine rings is 1. The van der Waals surface area contributed by atoms with Gasteiger partial charge >= 0.3 is 0 Å². The van der Waals surface area contributed by atoms with Crippen molar-refractivity contribution in [3.05, 3.63) is 76.0 Å². The van der Waals surface area contributed by atoms with Crippen LogP contribution >= 0.6 is 0 Å². The number of benzene rings is 1. The van der Waals surface area contributed by atoms with Crippen LogP contribution in [0.3, 0.4) is 0 Å². The molecule has 0 spiro atoms. The molecule has 4 rings (SSSR count). The largest absolute Gasteiger partial charge is 0.287 e. The quantitative estimate of drug-likeness (QED) is 0.650. The van der Waals surface area contributed by atoms with Gasteiger partial charge in [-0.15, -0.1) is 0 Å². The van der Waals surface area contributed by atoms with Gasteiger partial charge < -0.3 is 0 Å². The number of aromatic nitrogens is 3. The number of aryl methyl sites for hydroxylation is 4. The highest BCUT2D eigenvalue weighted by Crippen LogP contribution is 2.36. The summed E-state index contributed by atoms with van der Waals surface area (Å²) >= 11 is 0. The Hall–Kier alpha value is -2.81. The molecule has 1 aliphatic carbocycles. The topological polar surface area (TPSA) is 29.7 Å². The van der Waals surface area contributed by atoms with Crippen LogP contribution in [0.15, 0.2) is 36.8 Å². The Kier molecular flexibility index (Phi) is 3.95. The van der Waals surface area contributed by atoms with Crippen molar-refractivity contribution >= 4 is 11.6 Å². The monoisotopic (exact) mass is 342 g/mol. The summed E-state index contributed by atoms with van der Waals surface area (Å²) in [4.78, 5) is 9.28. The summed E-state index contributed by atoms with van der Waals surface area (Å²) < 4.78 is 2.15. The van der Waals surface area contributed by atoms with Crippen molar-refractivity contribution in [1.29, 1.82) is 0 Å². The smallest absolute Gasteiger partial charge is 0.256 e. The van der Waals surface area contributed by atoms with E-state index in [0.29, 0.717) is 0 Å². The van der Waals surface area contributed by atoms with E-state index in [1.54, 1.807) is 0 Å². The Morgan fingerprint density at radius 2 is 1.77 bits per heavy atom. The van der Waals surface area contributed by atoms with E-state index in [1.807, 2.05) is 12.5 Å². The summed E-state index contributed by atoms with van der Waals surface area (Å²) in [6.45, 7) is 8.63. The van der Waals surface area contributed by atoms with Crippen molar-refractivity contribution in [2.24, 2.45) is 7.05 Å². The number of hydrogen-bond acceptors (Lipinski definition) is 2. The molecule has 3 nitrogen and oxygen atoms in total. The second-order valence-corrected chi connectivity index (χ2v) is 7.39. The molecule has 26 heavy (non-hydrogen) atoms. The molecule has 0 aliphatic heterocycles. The zero-order valence-electron chi connectivity index (χ0n) is 16.1. The molecule has 0 unspecified atom stereocenters. The van der Waals surface area contributed by atoms with Crippen LogP contribution in [0.2, 0.25) is 0 Å². The van der Waals surface area contributed by atoms with Gasteiger partial charge in [-0.25, -0.2) is 4.57 Å². The van der Waals surface area contributed by atoms with Gasteiger partial charge in [-0.05, 0) is 73.2 Å². The van der Waals surface area contributed by atoms with E-state index in [0.717, 1.165) is 17.8 Å². The summed E-state index contributed by atoms with van der Waals surface area (Å²) in [7, 11) is 2.09. The second-order valence-electron chi connectivity index (χ2n) is 7.39. The fourth-order valence-electron chi connectivity index (χ4n) is 3.78. The van der Waals surface area contributed by atoms with Crippen molar-refractivity contribution in [3.8, 4) is 11.3 Å². The van der Waals surface area contributed by atoms with E-state index in [4.69, 9.17) is 0 Å². The molecule has 0 amide bonds. The zero-order chi connectivity index (χ0) is 18.4. The van der Waals surface area contributed by atoms with Crippen molar-refractivity contribution < 1.29 is 4.57 Å². The van der Waals surface area contributed by atoms with Gasteiger partial charge in [-0.2, -0.15) is 0 Å². The average molecular weight is 342 g/mol. The molecule has 1 aliphatic rings. The molecular formula is C23H24N3+. The first-order valence-electron chi connectivity index (χ1n) is 9.03. The van der Waals surface area contributed by atoms with Crippen molar-refractivity contribution in [2.75, 3.05) is 0 Å². The molecule has 3 heteroatoms. The fraction of sp³-hybridized carbons (Fsp3) is 0.261. The van der Waals surface area contributed by atoms with Crippen LogP contribution in [0.1, 0.15) is 39.2 Å². The minimum absolute atomic E-state index is 0.870. The highest BCUT2D eigenvalue weighted by atomic mass is 15.0. The normalized spacial score (nSPS) is 12.9. The number of rotatable bonds is 2. The first kappa shape index (κ1) is 16.6. The van der Waals surface area contributed by atoms with E-state index in [9.17, 15) is 0 Å². The van der Waals surface area contributed by atoms with E-state index < -0.39 is 0 Å².